The molecule has 1 fully saturated rings. The van der Waals surface area contributed by atoms with E-state index in [-0.39, 0.29) is 5.91 Å². The fraction of sp³-hybridized carbons (Fsp3) is 0.526. The van der Waals surface area contributed by atoms with Crippen molar-refractivity contribution in [3.63, 3.8) is 0 Å². The van der Waals surface area contributed by atoms with Crippen molar-refractivity contribution in [2.45, 2.75) is 43.2 Å². The number of amides is 1. The molecule has 2 aliphatic rings. The number of nitrogens with zero attached hydrogens (tertiary/aromatic N) is 2. The van der Waals surface area contributed by atoms with Gasteiger partial charge >= 0.3 is 0 Å². The second kappa shape index (κ2) is 7.66. The molecule has 8 heteroatoms. The second-order valence-corrected chi connectivity index (χ2v) is 11.8. The summed E-state index contributed by atoms with van der Waals surface area (Å²) in [7, 11) is -3.44. The Morgan fingerprint density at radius 1 is 1.00 bits per heavy atom. The Bertz CT molecular complexity index is 914. The van der Waals surface area contributed by atoms with Gasteiger partial charge in [-0.25, -0.2) is 8.42 Å². The highest BCUT2D eigenvalue weighted by molar-refractivity contribution is 7.91. The lowest BCUT2D eigenvalue weighted by atomic mass is 10.1. The van der Waals surface area contributed by atoms with Gasteiger partial charge < -0.3 is 4.90 Å². The van der Waals surface area contributed by atoms with Gasteiger partial charge in [-0.15, -0.1) is 22.7 Å². The van der Waals surface area contributed by atoms with Gasteiger partial charge in [-0.05, 0) is 56.4 Å². The number of thiophene rings is 2. The zero-order valence-electron chi connectivity index (χ0n) is 15.4. The van der Waals surface area contributed by atoms with Crippen LogP contribution in [-0.4, -0.2) is 49.7 Å². The first-order valence-electron chi connectivity index (χ1n) is 9.42. The van der Waals surface area contributed by atoms with Crippen LogP contribution in [0.5, 0.6) is 0 Å². The number of rotatable bonds is 3. The maximum absolute atomic E-state index is 12.9. The molecule has 0 unspecified atom stereocenters. The molecule has 1 saturated heterocycles. The number of carbonyl (C=O) groups is 1. The summed E-state index contributed by atoms with van der Waals surface area (Å²) in [5.41, 5.74) is 1.34. The number of sulfonamides is 1. The van der Waals surface area contributed by atoms with E-state index in [2.05, 4.69) is 6.07 Å². The molecule has 1 amide bonds. The molecule has 0 spiro atoms. The predicted molar refractivity (Wildman–Crippen MR) is 109 cm³/mol. The minimum absolute atomic E-state index is 0.0529. The number of hydrogen-bond acceptors (Lipinski definition) is 5. The summed E-state index contributed by atoms with van der Waals surface area (Å²) >= 11 is 2.94. The molecule has 0 aromatic carbocycles. The van der Waals surface area contributed by atoms with E-state index in [9.17, 15) is 13.2 Å². The number of carbonyl (C=O) groups excluding carboxylic acids is 1. The molecule has 0 radical (unpaired) electrons. The molecule has 0 N–H and O–H groups in total. The quantitative estimate of drug-likeness (QED) is 0.708. The molecule has 4 rings (SSSR count). The molecular weight excluding hydrogens is 400 g/mol. The highest BCUT2D eigenvalue weighted by Gasteiger charge is 2.32. The Kier molecular flexibility index (Phi) is 5.42. The zero-order valence-corrected chi connectivity index (χ0v) is 17.9. The average Bonchev–Trinajstić information content (AvgIpc) is 3.22. The first-order chi connectivity index (χ1) is 12.9. The van der Waals surface area contributed by atoms with E-state index < -0.39 is 10.0 Å². The van der Waals surface area contributed by atoms with Crippen molar-refractivity contribution >= 4 is 38.6 Å². The molecule has 0 bridgehead atoms. The van der Waals surface area contributed by atoms with Crippen molar-refractivity contribution in [2.24, 2.45) is 0 Å². The van der Waals surface area contributed by atoms with E-state index in [0.29, 0.717) is 30.4 Å². The van der Waals surface area contributed by atoms with Crippen molar-refractivity contribution in [3.05, 3.63) is 38.4 Å². The molecular formula is C19H24N2O3S3. The topological polar surface area (TPSA) is 57.7 Å². The van der Waals surface area contributed by atoms with Crippen LogP contribution in [0.15, 0.2) is 22.4 Å². The van der Waals surface area contributed by atoms with Gasteiger partial charge in [0.2, 0.25) is 0 Å². The summed E-state index contributed by atoms with van der Waals surface area (Å²) in [6.45, 7) is 3.52. The van der Waals surface area contributed by atoms with E-state index in [1.807, 2.05) is 13.0 Å². The molecule has 2 aromatic heterocycles. The lowest BCUT2D eigenvalue weighted by Gasteiger charge is -2.33. The summed E-state index contributed by atoms with van der Waals surface area (Å²) in [6, 6.07) is 5.58. The maximum atomic E-state index is 12.9. The monoisotopic (exact) mass is 424 g/mol. The van der Waals surface area contributed by atoms with Crippen molar-refractivity contribution < 1.29 is 13.2 Å². The first-order valence-corrected chi connectivity index (χ1v) is 12.5. The van der Waals surface area contributed by atoms with Gasteiger partial charge in [0, 0.05) is 35.9 Å². The number of fused-ring (bicyclic) bond motifs is 1. The van der Waals surface area contributed by atoms with Crippen LogP contribution in [-0.2, 0) is 22.9 Å². The van der Waals surface area contributed by atoms with Gasteiger partial charge in [-0.2, -0.15) is 4.31 Å². The molecule has 27 heavy (non-hydrogen) atoms. The molecule has 0 saturated carbocycles. The third-order valence-electron chi connectivity index (χ3n) is 5.29. The van der Waals surface area contributed by atoms with E-state index in [4.69, 9.17) is 0 Å². The summed E-state index contributed by atoms with van der Waals surface area (Å²) in [5.74, 6) is 0.0529. The predicted octanol–water partition coefficient (Wildman–Crippen LogP) is 3.53. The lowest BCUT2D eigenvalue weighted by Crippen LogP contribution is -2.50. The zero-order chi connectivity index (χ0) is 19.0. The average molecular weight is 425 g/mol. The summed E-state index contributed by atoms with van der Waals surface area (Å²) in [5, 5.41) is 0. The maximum Gasteiger partial charge on any atom is 0.264 e. The second-order valence-electron chi connectivity index (χ2n) is 7.18. The minimum Gasteiger partial charge on any atom is -0.335 e. The highest BCUT2D eigenvalue weighted by Crippen LogP contribution is 2.30. The van der Waals surface area contributed by atoms with Gasteiger partial charge in [-0.1, -0.05) is 6.42 Å². The largest absolute Gasteiger partial charge is 0.335 e. The standard InChI is InChI=1S/C19H24N2O3S3/c1-14-7-8-18(25-14)27(23,24)21-11-9-20(10-12-21)19(22)17-13-15-5-3-2-4-6-16(15)26-17/h7-8,13H,2-6,9-12H2,1H3. The lowest BCUT2D eigenvalue weighted by molar-refractivity contribution is 0.0703. The van der Waals surface area contributed by atoms with E-state index >= 15 is 0 Å². The van der Waals surface area contributed by atoms with Crippen LogP contribution in [0.1, 0.15) is 44.3 Å². The summed E-state index contributed by atoms with van der Waals surface area (Å²) < 4.78 is 27.4. The molecule has 146 valence electrons. The van der Waals surface area contributed by atoms with Crippen LogP contribution in [0.4, 0.5) is 0 Å². The van der Waals surface area contributed by atoms with Crippen LogP contribution < -0.4 is 0 Å². The van der Waals surface area contributed by atoms with Gasteiger partial charge in [0.1, 0.15) is 4.21 Å². The van der Waals surface area contributed by atoms with Gasteiger partial charge in [-0.3, -0.25) is 4.79 Å². The smallest absolute Gasteiger partial charge is 0.264 e. The third-order valence-corrected chi connectivity index (χ3v) is 9.88. The molecule has 0 atom stereocenters. The van der Waals surface area contributed by atoms with E-state index in [1.54, 1.807) is 22.3 Å². The normalized spacial score (nSPS) is 18.9. The Labute approximate surface area is 168 Å². The van der Waals surface area contributed by atoms with Crippen LogP contribution in [0.3, 0.4) is 0 Å². The molecule has 3 heterocycles. The Hall–Kier alpha value is -1.22. The first kappa shape index (κ1) is 19.1. The molecule has 1 aliphatic heterocycles. The summed E-state index contributed by atoms with van der Waals surface area (Å²) in [6.07, 6.45) is 5.84. The Morgan fingerprint density at radius 3 is 2.44 bits per heavy atom. The van der Waals surface area contributed by atoms with Crippen LogP contribution in [0.25, 0.3) is 0 Å². The SMILES string of the molecule is Cc1ccc(S(=O)(=O)N2CCN(C(=O)c3cc4c(s3)CCCCC4)CC2)s1. The molecule has 5 nitrogen and oxygen atoms in total. The van der Waals surface area contributed by atoms with E-state index in [1.165, 1.54) is 45.3 Å². The van der Waals surface area contributed by atoms with Crippen LogP contribution in [0.2, 0.25) is 0 Å². The van der Waals surface area contributed by atoms with Crippen molar-refractivity contribution in [2.75, 3.05) is 26.2 Å². The Morgan fingerprint density at radius 2 is 1.74 bits per heavy atom. The fourth-order valence-corrected chi connectivity index (χ4v) is 7.82. The Balaban J connectivity index is 1.42. The van der Waals surface area contributed by atoms with Crippen LogP contribution >= 0.6 is 22.7 Å². The molecule has 2 aromatic rings. The van der Waals surface area contributed by atoms with Gasteiger partial charge in [0.15, 0.2) is 0 Å². The van der Waals surface area contributed by atoms with Gasteiger partial charge in [0.25, 0.3) is 15.9 Å². The summed E-state index contributed by atoms with van der Waals surface area (Å²) in [4.78, 5) is 17.9. The number of hydrogen-bond donors (Lipinski definition) is 0. The van der Waals surface area contributed by atoms with Crippen molar-refractivity contribution in [1.82, 2.24) is 9.21 Å². The molecule has 1 aliphatic carbocycles. The number of piperazine rings is 1. The van der Waals surface area contributed by atoms with Crippen molar-refractivity contribution in [1.29, 1.82) is 0 Å². The minimum atomic E-state index is -3.44. The van der Waals surface area contributed by atoms with Crippen molar-refractivity contribution in [3.8, 4) is 0 Å². The fourth-order valence-electron chi connectivity index (χ4n) is 3.74. The van der Waals surface area contributed by atoms with Gasteiger partial charge in [0.05, 0.1) is 4.88 Å². The van der Waals surface area contributed by atoms with Crippen LogP contribution in [0, 0.1) is 6.92 Å². The third kappa shape index (κ3) is 3.85. The number of aryl methyl sites for hydroxylation is 3. The highest BCUT2D eigenvalue weighted by atomic mass is 32.2. The van der Waals surface area contributed by atoms with E-state index in [0.717, 1.165) is 22.6 Å².